The van der Waals surface area contributed by atoms with Gasteiger partial charge in [0.2, 0.25) is 14.1 Å². The zero-order valence-electron chi connectivity index (χ0n) is 19.7. The van der Waals surface area contributed by atoms with Crippen molar-refractivity contribution in [2.45, 2.75) is 64.8 Å². The van der Waals surface area contributed by atoms with Crippen LogP contribution in [0.3, 0.4) is 0 Å². The average molecular weight is 508 g/mol. The number of esters is 1. The molecule has 0 radical (unpaired) electrons. The van der Waals surface area contributed by atoms with Crippen LogP contribution in [0.2, 0.25) is 19.6 Å². The van der Waals surface area contributed by atoms with Crippen LogP contribution >= 0.6 is 0 Å². The molecule has 0 N–H and O–H groups in total. The Hall–Kier alpha value is -2.69. The van der Waals surface area contributed by atoms with Crippen LogP contribution in [-0.2, 0) is 25.4 Å². The Labute approximate surface area is 197 Å². The van der Waals surface area contributed by atoms with Gasteiger partial charge in [0.05, 0.1) is 24.6 Å². The van der Waals surface area contributed by atoms with Gasteiger partial charge in [-0.15, -0.1) is 0 Å². The first-order valence-corrected chi connectivity index (χ1v) is 14.2. The molecule has 190 valence electrons. The minimum Gasteiger partial charge on any atom is -0.545 e. The van der Waals surface area contributed by atoms with E-state index in [1.165, 1.54) is 19.4 Å². The third kappa shape index (κ3) is 10.5. The van der Waals surface area contributed by atoms with E-state index in [1.807, 2.05) is 25.7 Å². The summed E-state index contributed by atoms with van der Waals surface area (Å²) in [4.78, 5) is 15.8. The molecule has 11 heteroatoms. The van der Waals surface area contributed by atoms with Crippen LogP contribution in [0, 0.1) is 29.1 Å². The molecule has 34 heavy (non-hydrogen) atoms. The number of rotatable bonds is 14. The molecule has 0 saturated carbocycles. The number of unbranched alkanes of at least 4 members (excludes halogenated alkanes) is 4. The molecule has 5 nitrogen and oxygen atoms in total. The number of hydrogen-bond acceptors (Lipinski definition) is 5. The van der Waals surface area contributed by atoms with E-state index < -0.39 is 49.6 Å². The lowest BCUT2D eigenvalue weighted by molar-refractivity contribution is -0.140. The lowest BCUT2D eigenvalue weighted by atomic mass is 10.1. The zero-order chi connectivity index (χ0) is 25.7. The number of halogens is 5. The minimum atomic E-state index is -2.23. The SMILES string of the molecule is COC(=O)CCCCCC/C=C(/C=C\C=N/OCc1c(F)c(F)c(F)c(F)c1F)O[Si](C)(C)C. The van der Waals surface area contributed by atoms with Crippen LogP contribution in [0.1, 0.15) is 44.1 Å². The number of hydrogen-bond donors (Lipinski definition) is 0. The number of carbonyl (C=O) groups excluding carboxylic acids is 1. The fraction of sp³-hybridized carbons (Fsp3) is 0.478. The number of oxime groups is 1. The normalized spacial score (nSPS) is 12.6. The number of ether oxygens (including phenoxy) is 1. The Morgan fingerprint density at radius 3 is 2.09 bits per heavy atom. The summed E-state index contributed by atoms with van der Waals surface area (Å²) >= 11 is 0. The highest BCUT2D eigenvalue weighted by molar-refractivity contribution is 6.70. The van der Waals surface area contributed by atoms with E-state index in [4.69, 9.17) is 4.43 Å². The quantitative estimate of drug-likeness (QED) is 0.0269. The summed E-state index contributed by atoms with van der Waals surface area (Å²) in [6, 6.07) is 0. The Morgan fingerprint density at radius 1 is 0.912 bits per heavy atom. The molecular formula is C23H30F5NO4Si. The maximum absolute atomic E-state index is 13.6. The van der Waals surface area contributed by atoms with E-state index in [0.717, 1.165) is 32.1 Å². The lowest BCUT2D eigenvalue weighted by Crippen LogP contribution is -2.24. The molecule has 0 amide bonds. The summed E-state index contributed by atoms with van der Waals surface area (Å²) in [5, 5.41) is 3.46. The molecule has 1 aromatic rings. The van der Waals surface area contributed by atoms with Gasteiger partial charge in [-0.25, -0.2) is 22.0 Å². The van der Waals surface area contributed by atoms with Crippen LogP contribution in [0.4, 0.5) is 22.0 Å². The van der Waals surface area contributed by atoms with Crippen molar-refractivity contribution in [1.29, 1.82) is 0 Å². The average Bonchev–Trinajstić information content (AvgIpc) is 2.78. The second kappa shape index (κ2) is 14.5. The summed E-state index contributed by atoms with van der Waals surface area (Å²) < 4.78 is 77.2. The van der Waals surface area contributed by atoms with Gasteiger partial charge in [0.15, 0.2) is 23.3 Å². The smallest absolute Gasteiger partial charge is 0.305 e. The molecular weight excluding hydrogens is 477 g/mol. The van der Waals surface area contributed by atoms with E-state index in [9.17, 15) is 26.7 Å². The Morgan fingerprint density at radius 2 is 1.50 bits per heavy atom. The third-order valence-electron chi connectivity index (χ3n) is 4.32. The molecule has 0 spiro atoms. The van der Waals surface area contributed by atoms with Crippen molar-refractivity contribution in [2.75, 3.05) is 7.11 Å². The second-order valence-corrected chi connectivity index (χ2v) is 12.7. The first-order chi connectivity index (χ1) is 16.0. The largest absolute Gasteiger partial charge is 0.545 e. The molecule has 0 atom stereocenters. The molecule has 1 rings (SSSR count). The van der Waals surface area contributed by atoms with Crippen molar-refractivity contribution in [3.8, 4) is 0 Å². The number of benzene rings is 1. The molecule has 0 aliphatic rings. The van der Waals surface area contributed by atoms with E-state index in [2.05, 4.69) is 14.7 Å². The fourth-order valence-corrected chi connectivity index (χ4v) is 3.56. The van der Waals surface area contributed by atoms with Gasteiger partial charge in [-0.05, 0) is 57.1 Å². The first-order valence-electron chi connectivity index (χ1n) is 10.8. The Kier molecular flexibility index (Phi) is 12.5. The van der Waals surface area contributed by atoms with E-state index in [-0.39, 0.29) is 5.97 Å². The highest BCUT2D eigenvalue weighted by atomic mass is 28.4. The van der Waals surface area contributed by atoms with Crippen molar-refractivity contribution in [3.05, 3.63) is 58.6 Å². The number of allylic oxidation sites excluding steroid dienone is 3. The number of carbonyl (C=O) groups is 1. The van der Waals surface area contributed by atoms with Crippen LogP contribution in [0.5, 0.6) is 0 Å². The van der Waals surface area contributed by atoms with Gasteiger partial charge >= 0.3 is 5.97 Å². The van der Waals surface area contributed by atoms with Gasteiger partial charge in [0.1, 0.15) is 6.61 Å². The summed E-state index contributed by atoms with van der Waals surface area (Å²) in [5.41, 5.74) is -1.10. The maximum Gasteiger partial charge on any atom is 0.305 e. The van der Waals surface area contributed by atoms with Crippen LogP contribution < -0.4 is 0 Å². The Bertz CT molecular complexity index is 885. The van der Waals surface area contributed by atoms with Crippen molar-refractivity contribution in [1.82, 2.24) is 0 Å². The molecule has 0 aromatic heterocycles. The van der Waals surface area contributed by atoms with Crippen LogP contribution in [0.25, 0.3) is 0 Å². The standard InChI is InChI=1S/C23H30F5NO4Si/c1-31-18(30)13-9-7-5-6-8-11-16(33-34(2,3)4)12-10-14-29-32-15-17-19(24)21(26)23(28)22(27)20(17)25/h10-12,14H,5-9,13,15H2,1-4H3/b12-10-,16-11-,29-14-. The van der Waals surface area contributed by atoms with Crippen molar-refractivity contribution in [2.24, 2.45) is 5.16 Å². The van der Waals surface area contributed by atoms with Gasteiger partial charge in [-0.2, -0.15) is 0 Å². The van der Waals surface area contributed by atoms with Gasteiger partial charge in [0, 0.05) is 6.42 Å². The van der Waals surface area contributed by atoms with Crippen molar-refractivity contribution >= 4 is 20.5 Å². The van der Waals surface area contributed by atoms with Gasteiger partial charge in [0.25, 0.3) is 0 Å². The predicted molar refractivity (Wildman–Crippen MR) is 121 cm³/mol. The van der Waals surface area contributed by atoms with E-state index >= 15 is 0 Å². The lowest BCUT2D eigenvalue weighted by Gasteiger charge is -2.20. The molecule has 0 aliphatic heterocycles. The van der Waals surface area contributed by atoms with E-state index in [1.54, 1.807) is 6.08 Å². The van der Waals surface area contributed by atoms with Gasteiger partial charge < -0.3 is 14.0 Å². The third-order valence-corrected chi connectivity index (χ3v) is 5.17. The molecule has 0 fully saturated rings. The minimum absolute atomic E-state index is 0.214. The summed E-state index contributed by atoms with van der Waals surface area (Å²) in [5.74, 6) is -9.81. The maximum atomic E-state index is 13.6. The van der Waals surface area contributed by atoms with E-state index in [0.29, 0.717) is 12.2 Å². The zero-order valence-corrected chi connectivity index (χ0v) is 20.7. The highest BCUT2D eigenvalue weighted by Crippen LogP contribution is 2.23. The number of nitrogens with zero attached hydrogens (tertiary/aromatic N) is 1. The monoisotopic (exact) mass is 507 g/mol. The number of methoxy groups -OCH3 is 1. The summed E-state index contributed by atoms with van der Waals surface area (Å²) in [7, 11) is -0.532. The molecule has 1 aromatic carbocycles. The summed E-state index contributed by atoms with van der Waals surface area (Å²) in [6.07, 6.45) is 10.9. The molecule has 0 aliphatic carbocycles. The summed E-state index contributed by atoms with van der Waals surface area (Å²) in [6.45, 7) is 5.12. The highest BCUT2D eigenvalue weighted by Gasteiger charge is 2.25. The van der Waals surface area contributed by atoms with Crippen LogP contribution in [0.15, 0.2) is 29.1 Å². The topological polar surface area (TPSA) is 57.1 Å². The van der Waals surface area contributed by atoms with Gasteiger partial charge in [-0.3, -0.25) is 4.79 Å². The Balaban J connectivity index is 2.60. The molecule has 0 heterocycles. The van der Waals surface area contributed by atoms with Crippen LogP contribution in [-0.4, -0.2) is 27.6 Å². The first kappa shape index (κ1) is 29.3. The van der Waals surface area contributed by atoms with Crippen molar-refractivity contribution in [3.63, 3.8) is 0 Å². The van der Waals surface area contributed by atoms with Crippen molar-refractivity contribution < 1.29 is 40.7 Å². The molecule has 0 unspecified atom stereocenters. The predicted octanol–water partition coefficient (Wildman–Crippen LogP) is 6.69. The second-order valence-electron chi connectivity index (χ2n) is 8.29. The van der Waals surface area contributed by atoms with Gasteiger partial charge in [-0.1, -0.05) is 18.0 Å². The fourth-order valence-electron chi connectivity index (χ4n) is 2.71. The molecule has 0 bridgehead atoms. The molecule has 0 saturated heterocycles.